The van der Waals surface area contributed by atoms with E-state index in [1.807, 2.05) is 20.8 Å². The number of rotatable bonds is 4. The van der Waals surface area contributed by atoms with Gasteiger partial charge in [0.2, 0.25) is 0 Å². The minimum absolute atomic E-state index is 0.487. The van der Waals surface area contributed by atoms with Crippen molar-refractivity contribution in [2.24, 2.45) is 0 Å². The summed E-state index contributed by atoms with van der Waals surface area (Å²) in [5, 5.41) is 12.9. The van der Waals surface area contributed by atoms with Crippen molar-refractivity contribution >= 4 is 5.82 Å². The van der Waals surface area contributed by atoms with Crippen LogP contribution in [-0.4, -0.2) is 27.2 Å². The zero-order valence-corrected chi connectivity index (χ0v) is 9.83. The van der Waals surface area contributed by atoms with E-state index in [0.29, 0.717) is 18.8 Å². The van der Waals surface area contributed by atoms with Gasteiger partial charge in [0.1, 0.15) is 5.82 Å². The van der Waals surface area contributed by atoms with Crippen LogP contribution >= 0.6 is 0 Å². The lowest BCUT2D eigenvalue weighted by atomic mass is 10.0. The van der Waals surface area contributed by atoms with Gasteiger partial charge in [-0.3, -0.25) is 4.98 Å². The minimum Gasteiger partial charge on any atom is -0.388 e. The SMILES string of the molecule is CCC(C)(O)CNc1cnc(C)c(C)n1. The Kier molecular flexibility index (Phi) is 3.63. The van der Waals surface area contributed by atoms with Crippen molar-refractivity contribution in [1.82, 2.24) is 9.97 Å². The summed E-state index contributed by atoms with van der Waals surface area (Å²) in [6.45, 7) is 8.09. The second kappa shape index (κ2) is 4.57. The Morgan fingerprint density at radius 2 is 2.07 bits per heavy atom. The Bertz CT molecular complexity index is 337. The average Bonchev–Trinajstić information content (AvgIpc) is 2.20. The van der Waals surface area contributed by atoms with Gasteiger partial charge in [-0.15, -0.1) is 0 Å². The molecule has 0 saturated heterocycles. The normalized spacial score (nSPS) is 14.7. The minimum atomic E-state index is -0.694. The van der Waals surface area contributed by atoms with Gasteiger partial charge in [-0.1, -0.05) is 6.92 Å². The number of aromatic nitrogens is 2. The van der Waals surface area contributed by atoms with Crippen molar-refractivity contribution in [1.29, 1.82) is 0 Å². The molecule has 2 N–H and O–H groups in total. The number of anilines is 1. The maximum Gasteiger partial charge on any atom is 0.144 e. The van der Waals surface area contributed by atoms with E-state index in [1.54, 1.807) is 13.1 Å². The van der Waals surface area contributed by atoms with Gasteiger partial charge in [0.15, 0.2) is 0 Å². The van der Waals surface area contributed by atoms with Crippen LogP contribution in [0.2, 0.25) is 0 Å². The van der Waals surface area contributed by atoms with Crippen LogP contribution in [0, 0.1) is 13.8 Å². The molecule has 1 aromatic heterocycles. The number of hydrogen-bond donors (Lipinski definition) is 2. The van der Waals surface area contributed by atoms with E-state index >= 15 is 0 Å². The third-order valence-corrected chi connectivity index (χ3v) is 2.60. The molecule has 15 heavy (non-hydrogen) atoms. The third-order valence-electron chi connectivity index (χ3n) is 2.60. The summed E-state index contributed by atoms with van der Waals surface area (Å²) >= 11 is 0. The molecule has 1 heterocycles. The highest BCUT2D eigenvalue weighted by Crippen LogP contribution is 2.11. The summed E-state index contributed by atoms with van der Waals surface area (Å²) in [6, 6.07) is 0. The molecule has 0 bridgehead atoms. The predicted octanol–water partition coefficient (Wildman–Crippen LogP) is 1.67. The van der Waals surface area contributed by atoms with Crippen LogP contribution in [0.4, 0.5) is 5.82 Å². The first-order valence-corrected chi connectivity index (χ1v) is 5.21. The van der Waals surface area contributed by atoms with Gasteiger partial charge in [-0.25, -0.2) is 4.98 Å². The Hall–Kier alpha value is -1.16. The molecule has 0 saturated carbocycles. The number of hydrogen-bond acceptors (Lipinski definition) is 4. The van der Waals surface area contributed by atoms with Crippen LogP contribution in [0.1, 0.15) is 31.7 Å². The number of nitrogens with zero attached hydrogens (tertiary/aromatic N) is 2. The van der Waals surface area contributed by atoms with Crippen LogP contribution in [0.3, 0.4) is 0 Å². The van der Waals surface area contributed by atoms with E-state index < -0.39 is 5.60 Å². The summed E-state index contributed by atoms with van der Waals surface area (Å²) < 4.78 is 0. The number of nitrogens with one attached hydrogen (secondary N) is 1. The number of aryl methyl sites for hydroxylation is 2. The highest BCUT2D eigenvalue weighted by molar-refractivity contribution is 5.33. The van der Waals surface area contributed by atoms with Crippen LogP contribution in [0.5, 0.6) is 0 Å². The van der Waals surface area contributed by atoms with Crippen molar-refractivity contribution in [2.45, 2.75) is 39.7 Å². The Morgan fingerprint density at radius 3 is 2.60 bits per heavy atom. The fraction of sp³-hybridized carbons (Fsp3) is 0.636. The van der Waals surface area contributed by atoms with Gasteiger partial charge in [0.05, 0.1) is 23.2 Å². The standard InChI is InChI=1S/C11H19N3O/c1-5-11(4,15)7-13-10-6-12-8(2)9(3)14-10/h6,15H,5,7H2,1-4H3,(H,13,14). The van der Waals surface area contributed by atoms with E-state index in [2.05, 4.69) is 15.3 Å². The molecule has 4 nitrogen and oxygen atoms in total. The molecule has 1 rings (SSSR count). The van der Waals surface area contributed by atoms with Gasteiger partial charge < -0.3 is 10.4 Å². The third kappa shape index (κ3) is 3.47. The molecule has 4 heteroatoms. The molecule has 0 aliphatic rings. The molecule has 0 aromatic carbocycles. The maximum atomic E-state index is 9.80. The van der Waals surface area contributed by atoms with Crippen molar-refractivity contribution in [3.63, 3.8) is 0 Å². The van der Waals surface area contributed by atoms with Gasteiger partial charge in [-0.05, 0) is 27.2 Å². The van der Waals surface area contributed by atoms with E-state index in [9.17, 15) is 5.11 Å². The fourth-order valence-corrected chi connectivity index (χ4v) is 1.03. The van der Waals surface area contributed by atoms with Gasteiger partial charge >= 0.3 is 0 Å². The first kappa shape index (κ1) is 11.9. The smallest absolute Gasteiger partial charge is 0.144 e. The zero-order chi connectivity index (χ0) is 11.5. The van der Waals surface area contributed by atoms with Crippen molar-refractivity contribution in [2.75, 3.05) is 11.9 Å². The highest BCUT2D eigenvalue weighted by Gasteiger charge is 2.17. The molecule has 1 unspecified atom stereocenters. The summed E-state index contributed by atoms with van der Waals surface area (Å²) in [5.74, 6) is 0.715. The van der Waals surface area contributed by atoms with Gasteiger partial charge in [-0.2, -0.15) is 0 Å². The monoisotopic (exact) mass is 209 g/mol. The molecule has 0 spiro atoms. The largest absolute Gasteiger partial charge is 0.388 e. The lowest BCUT2D eigenvalue weighted by Gasteiger charge is -2.21. The maximum absolute atomic E-state index is 9.80. The lowest BCUT2D eigenvalue weighted by Crippen LogP contribution is -2.32. The first-order chi connectivity index (χ1) is 6.94. The van der Waals surface area contributed by atoms with Crippen LogP contribution in [0.15, 0.2) is 6.20 Å². The molecule has 0 radical (unpaired) electrons. The van der Waals surface area contributed by atoms with Crippen molar-refractivity contribution < 1.29 is 5.11 Å². The predicted molar refractivity (Wildman–Crippen MR) is 60.9 cm³/mol. The second-order valence-corrected chi connectivity index (χ2v) is 4.13. The highest BCUT2D eigenvalue weighted by atomic mass is 16.3. The van der Waals surface area contributed by atoms with Crippen molar-refractivity contribution in [3.05, 3.63) is 17.6 Å². The number of aliphatic hydroxyl groups is 1. The molecule has 1 aromatic rings. The van der Waals surface area contributed by atoms with E-state index in [0.717, 1.165) is 11.4 Å². The summed E-state index contributed by atoms with van der Waals surface area (Å²) in [4.78, 5) is 8.52. The van der Waals surface area contributed by atoms with Crippen molar-refractivity contribution in [3.8, 4) is 0 Å². The second-order valence-electron chi connectivity index (χ2n) is 4.13. The van der Waals surface area contributed by atoms with Gasteiger partial charge in [0, 0.05) is 6.54 Å². The summed E-state index contributed by atoms with van der Waals surface area (Å²) in [7, 11) is 0. The molecule has 0 aliphatic carbocycles. The quantitative estimate of drug-likeness (QED) is 0.792. The molecule has 1 atom stereocenters. The molecular weight excluding hydrogens is 190 g/mol. The Labute approximate surface area is 90.8 Å². The van der Waals surface area contributed by atoms with Crippen LogP contribution in [0.25, 0.3) is 0 Å². The lowest BCUT2D eigenvalue weighted by molar-refractivity contribution is 0.0696. The Morgan fingerprint density at radius 1 is 1.40 bits per heavy atom. The molecule has 84 valence electrons. The average molecular weight is 209 g/mol. The fourth-order valence-electron chi connectivity index (χ4n) is 1.03. The molecule has 0 aliphatic heterocycles. The van der Waals surface area contributed by atoms with Crippen LogP contribution in [-0.2, 0) is 0 Å². The Balaban J connectivity index is 2.62. The van der Waals surface area contributed by atoms with E-state index in [4.69, 9.17) is 0 Å². The summed E-state index contributed by atoms with van der Waals surface area (Å²) in [5.41, 5.74) is 1.15. The molecular formula is C11H19N3O. The summed E-state index contributed by atoms with van der Waals surface area (Å²) in [6.07, 6.45) is 2.40. The van der Waals surface area contributed by atoms with Crippen LogP contribution < -0.4 is 5.32 Å². The van der Waals surface area contributed by atoms with E-state index in [1.165, 1.54) is 0 Å². The molecule has 0 fully saturated rings. The molecule has 0 amide bonds. The van der Waals surface area contributed by atoms with E-state index in [-0.39, 0.29) is 0 Å². The topological polar surface area (TPSA) is 58.0 Å². The first-order valence-electron chi connectivity index (χ1n) is 5.21. The zero-order valence-electron chi connectivity index (χ0n) is 9.83. The van der Waals surface area contributed by atoms with Gasteiger partial charge in [0.25, 0.3) is 0 Å².